The summed E-state index contributed by atoms with van der Waals surface area (Å²) < 4.78 is 0. The van der Waals surface area contributed by atoms with Crippen molar-refractivity contribution >= 4 is 28.8 Å². The molecule has 37 heavy (non-hydrogen) atoms. The van der Waals surface area contributed by atoms with E-state index in [1.807, 2.05) is 18.2 Å². The molecule has 0 aliphatic heterocycles. The van der Waals surface area contributed by atoms with Crippen LogP contribution in [0.2, 0.25) is 0 Å². The summed E-state index contributed by atoms with van der Waals surface area (Å²) in [5, 5.41) is 56.8. The van der Waals surface area contributed by atoms with Crippen LogP contribution in [-0.4, -0.2) is 79.7 Å². The number of ketones is 2. The normalized spacial score (nSPS) is 32.9. The van der Waals surface area contributed by atoms with E-state index in [1.54, 1.807) is 19.1 Å². The number of primary amides is 1. The standard InChI is InChI=1S/C27H28N2O8/c1-10-12-8-9-13(11-6-4-5-7-11)20(30)15(12)21(31)16-14(10)22(32)18-19(29(2)3)23(33)17(26(28)36)25(35)27(18,37)24(16)34/h4-6,8-10,14,18-19,22,30-32,35,37H,7H2,1-3H3,(H2,28,36)/t10-,14+,18+,19-,22-,27-/m0/s1. The first-order valence-corrected chi connectivity index (χ1v) is 11.9. The zero-order chi connectivity index (χ0) is 27.1. The van der Waals surface area contributed by atoms with Gasteiger partial charge in [-0.25, -0.2) is 0 Å². The fourth-order valence-corrected chi connectivity index (χ4v) is 6.52. The molecular formula is C27H28N2O8. The Kier molecular flexibility index (Phi) is 5.49. The molecule has 4 aliphatic rings. The highest BCUT2D eigenvalue weighted by atomic mass is 16.4. The molecule has 10 nitrogen and oxygen atoms in total. The molecule has 5 rings (SSSR count). The lowest BCUT2D eigenvalue weighted by atomic mass is 9.54. The molecule has 1 saturated carbocycles. The predicted molar refractivity (Wildman–Crippen MR) is 132 cm³/mol. The molecule has 0 bridgehead atoms. The number of carbonyl (C=O) groups is 3. The number of hydrogen-bond donors (Lipinski definition) is 6. The van der Waals surface area contributed by atoms with Gasteiger partial charge in [-0.2, -0.15) is 0 Å². The van der Waals surface area contributed by atoms with E-state index >= 15 is 0 Å². The van der Waals surface area contributed by atoms with Crippen LogP contribution in [0.1, 0.15) is 36.0 Å². The number of likely N-dealkylation sites (N-methyl/N-ethyl adjacent to an activating group) is 1. The third-order valence-corrected chi connectivity index (χ3v) is 8.25. The Balaban J connectivity index is 1.78. The Morgan fingerprint density at radius 3 is 2.41 bits per heavy atom. The van der Waals surface area contributed by atoms with E-state index in [2.05, 4.69) is 0 Å². The number of carbonyl (C=O) groups excluding carboxylic acids is 3. The minimum Gasteiger partial charge on any atom is -0.508 e. The highest BCUT2D eigenvalue weighted by Crippen LogP contribution is 2.56. The van der Waals surface area contributed by atoms with Crippen LogP contribution in [0.15, 0.2) is 47.3 Å². The van der Waals surface area contributed by atoms with Crippen molar-refractivity contribution in [3.63, 3.8) is 0 Å². The minimum atomic E-state index is -2.92. The number of hydrogen-bond acceptors (Lipinski definition) is 9. The van der Waals surface area contributed by atoms with E-state index in [0.29, 0.717) is 17.5 Å². The highest BCUT2D eigenvalue weighted by molar-refractivity contribution is 6.24. The van der Waals surface area contributed by atoms with Crippen LogP contribution in [-0.2, 0) is 14.4 Å². The number of nitrogens with two attached hydrogens (primary N) is 1. The van der Waals surface area contributed by atoms with Gasteiger partial charge in [0.15, 0.2) is 11.4 Å². The Morgan fingerprint density at radius 1 is 1.16 bits per heavy atom. The molecule has 194 valence electrons. The molecule has 0 saturated heterocycles. The molecule has 0 unspecified atom stereocenters. The molecule has 0 heterocycles. The van der Waals surface area contributed by atoms with Gasteiger partial charge in [0.05, 0.1) is 23.6 Å². The maximum absolute atomic E-state index is 14.0. The zero-order valence-corrected chi connectivity index (χ0v) is 20.5. The van der Waals surface area contributed by atoms with E-state index in [-0.39, 0.29) is 11.3 Å². The number of aliphatic hydroxyl groups excluding tert-OH is 3. The lowest BCUT2D eigenvalue weighted by Crippen LogP contribution is -2.70. The van der Waals surface area contributed by atoms with Crippen LogP contribution in [0.3, 0.4) is 0 Å². The second-order valence-corrected chi connectivity index (χ2v) is 10.3. The number of benzene rings is 1. The fourth-order valence-electron chi connectivity index (χ4n) is 6.52. The zero-order valence-electron chi connectivity index (χ0n) is 20.5. The van der Waals surface area contributed by atoms with Gasteiger partial charge in [0, 0.05) is 17.1 Å². The van der Waals surface area contributed by atoms with Crippen molar-refractivity contribution in [2.24, 2.45) is 17.6 Å². The van der Waals surface area contributed by atoms with E-state index in [0.717, 1.165) is 5.57 Å². The van der Waals surface area contributed by atoms with Crippen LogP contribution >= 0.6 is 0 Å². The summed E-state index contributed by atoms with van der Waals surface area (Å²) in [6, 6.07) is 2.03. The van der Waals surface area contributed by atoms with E-state index < -0.39 is 75.6 Å². The number of Topliss-reactive ketones (excluding diaryl/α,β-unsaturated/α-hetero) is 2. The molecule has 0 radical (unpaired) electrons. The van der Waals surface area contributed by atoms with Gasteiger partial charge in [-0.15, -0.1) is 0 Å². The lowest BCUT2D eigenvalue weighted by Gasteiger charge is -2.53. The minimum absolute atomic E-state index is 0.0127. The van der Waals surface area contributed by atoms with E-state index in [1.165, 1.54) is 19.0 Å². The Bertz CT molecular complexity index is 1400. The monoisotopic (exact) mass is 508 g/mol. The second kappa shape index (κ2) is 8.14. The summed E-state index contributed by atoms with van der Waals surface area (Å²) in [6.45, 7) is 1.70. The summed E-state index contributed by atoms with van der Waals surface area (Å²) in [7, 11) is 2.94. The summed E-state index contributed by atoms with van der Waals surface area (Å²) in [5.41, 5.74) is 2.77. The summed E-state index contributed by atoms with van der Waals surface area (Å²) in [5.74, 6) is -8.90. The van der Waals surface area contributed by atoms with Gasteiger partial charge in [0.2, 0.25) is 5.78 Å². The molecule has 1 aromatic carbocycles. The number of phenols is 1. The van der Waals surface area contributed by atoms with Crippen molar-refractivity contribution in [2.75, 3.05) is 14.1 Å². The number of allylic oxidation sites excluding steroid dienone is 4. The number of fused-ring (bicyclic) bond motifs is 3. The molecule has 0 spiro atoms. The lowest BCUT2D eigenvalue weighted by molar-refractivity contribution is -0.169. The number of aromatic hydroxyl groups is 1. The number of rotatable bonds is 3. The van der Waals surface area contributed by atoms with E-state index in [4.69, 9.17) is 5.73 Å². The van der Waals surface area contributed by atoms with Gasteiger partial charge in [-0.1, -0.05) is 37.3 Å². The molecular weight excluding hydrogens is 480 g/mol. The van der Waals surface area contributed by atoms with Gasteiger partial charge in [-0.3, -0.25) is 19.3 Å². The summed E-state index contributed by atoms with van der Waals surface area (Å²) in [6.07, 6.45) is 4.50. The third-order valence-electron chi connectivity index (χ3n) is 8.25. The average Bonchev–Trinajstić information content (AvgIpc) is 3.35. The molecule has 0 aromatic heterocycles. The van der Waals surface area contributed by atoms with Crippen LogP contribution < -0.4 is 5.73 Å². The fraction of sp³-hybridized carbons (Fsp3) is 0.370. The SMILES string of the molecule is C[C@H]1c2ccc(C3=CC=CC3)c(O)c2C(O)=C2C(=O)[C@]3(O)C(O)=C(C(N)=O)C(=O)[C@@H](N(C)C)[C@@H]3[C@@H](O)[C@@H]21. The number of phenolic OH excluding ortho intramolecular Hbond substituents is 1. The van der Waals surface area contributed by atoms with Crippen molar-refractivity contribution in [3.8, 4) is 5.75 Å². The second-order valence-electron chi connectivity index (χ2n) is 10.3. The molecule has 1 fully saturated rings. The third kappa shape index (κ3) is 3.06. The molecule has 7 N–H and O–H groups in total. The van der Waals surface area contributed by atoms with Gasteiger partial charge in [0.25, 0.3) is 5.91 Å². The maximum atomic E-state index is 14.0. The number of amides is 1. The van der Waals surface area contributed by atoms with Gasteiger partial charge >= 0.3 is 0 Å². The number of nitrogens with zero attached hydrogens (tertiary/aromatic N) is 1. The van der Waals surface area contributed by atoms with Crippen molar-refractivity contribution in [1.29, 1.82) is 0 Å². The quantitative estimate of drug-likeness (QED) is 0.322. The largest absolute Gasteiger partial charge is 0.508 e. The van der Waals surface area contributed by atoms with Crippen molar-refractivity contribution < 1.29 is 39.9 Å². The Hall–Kier alpha value is -3.73. The smallest absolute Gasteiger partial charge is 0.255 e. The van der Waals surface area contributed by atoms with Crippen molar-refractivity contribution in [1.82, 2.24) is 4.90 Å². The first-order valence-electron chi connectivity index (χ1n) is 11.9. The summed E-state index contributed by atoms with van der Waals surface area (Å²) in [4.78, 5) is 40.6. The first kappa shape index (κ1) is 24.9. The van der Waals surface area contributed by atoms with Crippen LogP contribution in [0.25, 0.3) is 11.3 Å². The molecule has 1 aromatic rings. The van der Waals surface area contributed by atoms with E-state index in [9.17, 15) is 39.9 Å². The average molecular weight is 509 g/mol. The Morgan fingerprint density at radius 2 is 1.84 bits per heavy atom. The first-order chi connectivity index (χ1) is 17.3. The molecule has 6 atom stereocenters. The topological polar surface area (TPSA) is 182 Å². The van der Waals surface area contributed by atoms with Crippen molar-refractivity contribution in [3.05, 3.63) is 64.0 Å². The van der Waals surface area contributed by atoms with Gasteiger partial charge in [0.1, 0.15) is 22.8 Å². The number of aliphatic hydroxyl groups is 4. The van der Waals surface area contributed by atoms with Crippen LogP contribution in [0.5, 0.6) is 5.75 Å². The molecule has 1 amide bonds. The van der Waals surface area contributed by atoms with Crippen LogP contribution in [0, 0.1) is 11.8 Å². The predicted octanol–water partition coefficient (Wildman–Crippen LogP) is 0.839. The molecule has 10 heteroatoms. The van der Waals surface area contributed by atoms with Gasteiger partial charge in [-0.05, 0) is 37.6 Å². The van der Waals surface area contributed by atoms with Gasteiger partial charge < -0.3 is 31.3 Å². The molecule has 4 aliphatic carbocycles. The van der Waals surface area contributed by atoms with Crippen LogP contribution in [0.4, 0.5) is 0 Å². The summed E-state index contributed by atoms with van der Waals surface area (Å²) >= 11 is 0. The Labute approximate surface area is 212 Å². The highest BCUT2D eigenvalue weighted by Gasteiger charge is 2.68. The van der Waals surface area contributed by atoms with Crippen molar-refractivity contribution in [2.45, 2.75) is 37.0 Å². The maximum Gasteiger partial charge on any atom is 0.255 e.